The summed E-state index contributed by atoms with van der Waals surface area (Å²) >= 11 is 0. The average Bonchev–Trinajstić information content (AvgIpc) is 2.69. The number of aromatic nitrogens is 2. The number of nitrogens with two attached hydrogens (primary N) is 1. The number of aryl methyl sites for hydroxylation is 1. The van der Waals surface area contributed by atoms with Gasteiger partial charge >= 0.3 is 0 Å². The SMILES string of the molecule is CCc1nnc(N2CCCOC(C)C2)c(CN)c1CC. The van der Waals surface area contributed by atoms with Gasteiger partial charge in [0.05, 0.1) is 11.8 Å². The molecule has 0 aliphatic carbocycles. The van der Waals surface area contributed by atoms with Gasteiger partial charge in [-0.05, 0) is 31.7 Å². The Morgan fingerprint density at radius 3 is 2.70 bits per heavy atom. The normalized spacial score (nSPS) is 20.0. The quantitative estimate of drug-likeness (QED) is 0.907. The van der Waals surface area contributed by atoms with Gasteiger partial charge in [-0.25, -0.2) is 0 Å². The molecule has 5 heteroatoms. The van der Waals surface area contributed by atoms with E-state index in [9.17, 15) is 0 Å². The van der Waals surface area contributed by atoms with E-state index in [2.05, 4.69) is 35.9 Å². The van der Waals surface area contributed by atoms with Crippen LogP contribution in [-0.2, 0) is 24.1 Å². The van der Waals surface area contributed by atoms with Gasteiger partial charge in [-0.1, -0.05) is 13.8 Å². The molecule has 2 N–H and O–H groups in total. The lowest BCUT2D eigenvalue weighted by Crippen LogP contribution is -2.33. The molecule has 1 fully saturated rings. The Hall–Kier alpha value is -1.20. The third kappa shape index (κ3) is 3.10. The van der Waals surface area contributed by atoms with Crippen LogP contribution in [0.1, 0.15) is 44.0 Å². The standard InChI is InChI=1S/C15H26N4O/c1-4-12-13(9-16)15(18-17-14(12)5-2)19-7-6-8-20-11(3)10-19/h11H,4-10,16H2,1-3H3. The summed E-state index contributed by atoms with van der Waals surface area (Å²) in [5, 5.41) is 8.89. The minimum Gasteiger partial charge on any atom is -0.377 e. The second kappa shape index (κ2) is 6.99. The molecule has 1 aliphatic heterocycles. The number of rotatable bonds is 4. The van der Waals surface area contributed by atoms with Crippen molar-refractivity contribution in [3.63, 3.8) is 0 Å². The number of nitrogens with zero attached hydrogens (tertiary/aromatic N) is 3. The molecule has 0 saturated carbocycles. The molecule has 0 amide bonds. The molecule has 0 aromatic carbocycles. The van der Waals surface area contributed by atoms with Crippen molar-refractivity contribution in [2.45, 2.75) is 52.7 Å². The van der Waals surface area contributed by atoms with Crippen LogP contribution in [0.3, 0.4) is 0 Å². The second-order valence-corrected chi connectivity index (χ2v) is 5.32. The Bertz CT molecular complexity index is 450. The summed E-state index contributed by atoms with van der Waals surface area (Å²) in [6.07, 6.45) is 3.11. The number of hydrogen-bond donors (Lipinski definition) is 1. The predicted molar refractivity (Wildman–Crippen MR) is 80.9 cm³/mol. The minimum atomic E-state index is 0.223. The van der Waals surface area contributed by atoms with Gasteiger partial charge in [0.1, 0.15) is 0 Å². The molecule has 1 saturated heterocycles. The van der Waals surface area contributed by atoms with E-state index >= 15 is 0 Å². The van der Waals surface area contributed by atoms with Crippen LogP contribution in [0.2, 0.25) is 0 Å². The van der Waals surface area contributed by atoms with E-state index in [-0.39, 0.29) is 6.10 Å². The summed E-state index contributed by atoms with van der Waals surface area (Å²) in [7, 11) is 0. The Labute approximate surface area is 121 Å². The molecule has 5 nitrogen and oxygen atoms in total. The molecule has 112 valence electrons. The zero-order valence-electron chi connectivity index (χ0n) is 12.9. The maximum atomic E-state index is 6.01. The zero-order chi connectivity index (χ0) is 14.5. The van der Waals surface area contributed by atoms with Gasteiger partial charge in [0, 0.05) is 31.8 Å². The molecule has 2 rings (SSSR count). The lowest BCUT2D eigenvalue weighted by atomic mass is 10.0. The van der Waals surface area contributed by atoms with Gasteiger partial charge in [0.15, 0.2) is 5.82 Å². The van der Waals surface area contributed by atoms with E-state index in [1.807, 2.05) is 0 Å². The highest BCUT2D eigenvalue weighted by Crippen LogP contribution is 2.25. The molecule has 1 unspecified atom stereocenters. The molecule has 0 bridgehead atoms. The molecular weight excluding hydrogens is 252 g/mol. The molecule has 20 heavy (non-hydrogen) atoms. The van der Waals surface area contributed by atoms with Crippen molar-refractivity contribution >= 4 is 5.82 Å². The third-order valence-corrected chi connectivity index (χ3v) is 3.89. The fourth-order valence-corrected chi connectivity index (χ4v) is 2.89. The van der Waals surface area contributed by atoms with Gasteiger partial charge in [-0.3, -0.25) is 0 Å². The lowest BCUT2D eigenvalue weighted by molar-refractivity contribution is 0.0820. The summed E-state index contributed by atoms with van der Waals surface area (Å²) in [6.45, 7) is 9.54. The molecule has 1 aliphatic rings. The lowest BCUT2D eigenvalue weighted by Gasteiger charge is -2.26. The number of hydrogen-bond acceptors (Lipinski definition) is 5. The van der Waals surface area contributed by atoms with Crippen LogP contribution < -0.4 is 10.6 Å². The van der Waals surface area contributed by atoms with Gasteiger partial charge in [0.2, 0.25) is 0 Å². The molecule has 2 heterocycles. The zero-order valence-corrected chi connectivity index (χ0v) is 12.9. The maximum Gasteiger partial charge on any atom is 0.156 e. The molecule has 1 atom stereocenters. The molecule has 0 radical (unpaired) electrons. The van der Waals surface area contributed by atoms with E-state index in [0.717, 1.165) is 56.0 Å². The van der Waals surface area contributed by atoms with Crippen molar-refractivity contribution in [3.05, 3.63) is 16.8 Å². The first-order chi connectivity index (χ1) is 9.71. The second-order valence-electron chi connectivity index (χ2n) is 5.32. The molecule has 1 aromatic rings. The van der Waals surface area contributed by atoms with Crippen LogP contribution in [0.4, 0.5) is 5.82 Å². The third-order valence-electron chi connectivity index (χ3n) is 3.89. The van der Waals surface area contributed by atoms with Crippen molar-refractivity contribution in [2.24, 2.45) is 5.73 Å². The fraction of sp³-hybridized carbons (Fsp3) is 0.733. The minimum absolute atomic E-state index is 0.223. The predicted octanol–water partition coefficient (Wildman–Crippen LogP) is 1.68. The first-order valence-electron chi connectivity index (χ1n) is 7.65. The van der Waals surface area contributed by atoms with Crippen molar-refractivity contribution in [1.82, 2.24) is 10.2 Å². The van der Waals surface area contributed by atoms with Crippen LogP contribution in [0.25, 0.3) is 0 Å². The molecule has 0 spiro atoms. The van der Waals surface area contributed by atoms with E-state index in [1.54, 1.807) is 0 Å². The van der Waals surface area contributed by atoms with E-state index in [0.29, 0.717) is 6.54 Å². The van der Waals surface area contributed by atoms with Crippen LogP contribution in [0.5, 0.6) is 0 Å². The topological polar surface area (TPSA) is 64.3 Å². The van der Waals surface area contributed by atoms with Gasteiger partial charge in [-0.2, -0.15) is 5.10 Å². The highest BCUT2D eigenvalue weighted by atomic mass is 16.5. The first-order valence-corrected chi connectivity index (χ1v) is 7.65. The number of ether oxygens (including phenoxy) is 1. The molecule has 1 aromatic heterocycles. The summed E-state index contributed by atoms with van der Waals surface area (Å²) in [5.41, 5.74) is 9.52. The van der Waals surface area contributed by atoms with Crippen LogP contribution in [0.15, 0.2) is 0 Å². The average molecular weight is 278 g/mol. The van der Waals surface area contributed by atoms with Crippen LogP contribution >= 0.6 is 0 Å². The van der Waals surface area contributed by atoms with Crippen LogP contribution in [0, 0.1) is 0 Å². The van der Waals surface area contributed by atoms with Gasteiger partial charge in [0.25, 0.3) is 0 Å². The Kier molecular flexibility index (Phi) is 5.31. The smallest absolute Gasteiger partial charge is 0.156 e. The van der Waals surface area contributed by atoms with E-state index in [1.165, 1.54) is 5.56 Å². The Balaban J connectivity index is 2.39. The first kappa shape index (κ1) is 15.2. The largest absolute Gasteiger partial charge is 0.377 e. The van der Waals surface area contributed by atoms with E-state index in [4.69, 9.17) is 10.5 Å². The van der Waals surface area contributed by atoms with Gasteiger partial charge in [-0.15, -0.1) is 5.10 Å². The highest BCUT2D eigenvalue weighted by Gasteiger charge is 2.21. The van der Waals surface area contributed by atoms with Crippen molar-refractivity contribution < 1.29 is 4.74 Å². The number of anilines is 1. The van der Waals surface area contributed by atoms with Crippen molar-refractivity contribution in [2.75, 3.05) is 24.6 Å². The fourth-order valence-electron chi connectivity index (χ4n) is 2.89. The summed E-state index contributed by atoms with van der Waals surface area (Å²) < 4.78 is 5.71. The Morgan fingerprint density at radius 1 is 1.25 bits per heavy atom. The Morgan fingerprint density at radius 2 is 2.05 bits per heavy atom. The maximum absolute atomic E-state index is 6.01. The van der Waals surface area contributed by atoms with E-state index < -0.39 is 0 Å². The van der Waals surface area contributed by atoms with Crippen LogP contribution in [-0.4, -0.2) is 36.0 Å². The highest BCUT2D eigenvalue weighted by molar-refractivity contribution is 5.51. The summed E-state index contributed by atoms with van der Waals surface area (Å²) in [6, 6.07) is 0. The van der Waals surface area contributed by atoms with Crippen molar-refractivity contribution in [3.8, 4) is 0 Å². The summed E-state index contributed by atoms with van der Waals surface area (Å²) in [4.78, 5) is 2.28. The van der Waals surface area contributed by atoms with Gasteiger partial charge < -0.3 is 15.4 Å². The summed E-state index contributed by atoms with van der Waals surface area (Å²) in [5.74, 6) is 0.957. The molecular formula is C15H26N4O. The monoisotopic (exact) mass is 278 g/mol. The van der Waals surface area contributed by atoms with Crippen molar-refractivity contribution in [1.29, 1.82) is 0 Å².